The molecule has 27 heavy (non-hydrogen) atoms. The fourth-order valence-electron chi connectivity index (χ4n) is 2.46. The Morgan fingerprint density at radius 3 is 2.44 bits per heavy atom. The van der Waals surface area contributed by atoms with E-state index in [0.29, 0.717) is 17.8 Å². The van der Waals surface area contributed by atoms with Crippen molar-refractivity contribution in [1.82, 2.24) is 10.6 Å². The van der Waals surface area contributed by atoms with E-state index in [-0.39, 0.29) is 0 Å². The van der Waals surface area contributed by atoms with Crippen molar-refractivity contribution in [2.24, 2.45) is 4.99 Å². The van der Waals surface area contributed by atoms with Gasteiger partial charge in [0.25, 0.3) is 0 Å². The van der Waals surface area contributed by atoms with Crippen LogP contribution in [0.1, 0.15) is 25.5 Å². The molecule has 0 bridgehead atoms. The Morgan fingerprint density at radius 2 is 1.81 bits per heavy atom. The summed E-state index contributed by atoms with van der Waals surface area (Å²) in [5, 5.41) is 17.3. The van der Waals surface area contributed by atoms with Crippen LogP contribution in [0, 0.1) is 0 Å². The Labute approximate surface area is 166 Å². The normalized spacial score (nSPS) is 13.7. The second-order valence-corrected chi connectivity index (χ2v) is 7.64. The van der Waals surface area contributed by atoms with Gasteiger partial charge in [0.1, 0.15) is 5.75 Å². The largest absolute Gasteiger partial charge is 0.497 e. The zero-order valence-electron chi connectivity index (χ0n) is 16.2. The zero-order chi connectivity index (χ0) is 19.5. The number of aliphatic imine (C=N–C) groups is 1. The third-order valence-electron chi connectivity index (χ3n) is 3.90. The minimum absolute atomic E-state index is 0.294. The molecule has 0 aliphatic heterocycles. The van der Waals surface area contributed by atoms with E-state index in [1.54, 1.807) is 7.11 Å². The maximum absolute atomic E-state index is 10.4. The van der Waals surface area contributed by atoms with E-state index in [4.69, 9.17) is 4.74 Å². The lowest BCUT2D eigenvalue weighted by Gasteiger charge is -2.16. The van der Waals surface area contributed by atoms with Crippen LogP contribution < -0.4 is 15.4 Å². The van der Waals surface area contributed by atoms with Crippen LogP contribution in [0.5, 0.6) is 5.75 Å². The molecule has 2 atom stereocenters. The van der Waals surface area contributed by atoms with E-state index >= 15 is 0 Å². The van der Waals surface area contributed by atoms with Crippen LogP contribution in [0.25, 0.3) is 0 Å². The minimum atomic E-state index is -0.650. The summed E-state index contributed by atoms with van der Waals surface area (Å²) in [7, 11) is 1.63. The predicted octanol–water partition coefficient (Wildman–Crippen LogP) is 3.46. The molecule has 0 fully saturated rings. The van der Waals surface area contributed by atoms with Gasteiger partial charge in [-0.25, -0.2) is 0 Å². The molecule has 0 spiro atoms. The summed E-state index contributed by atoms with van der Waals surface area (Å²) >= 11 is 1.82. The van der Waals surface area contributed by atoms with Gasteiger partial charge >= 0.3 is 0 Å². The van der Waals surface area contributed by atoms with Crippen LogP contribution in [0.3, 0.4) is 0 Å². The van der Waals surface area contributed by atoms with E-state index in [1.165, 1.54) is 4.90 Å². The Kier molecular flexibility index (Phi) is 9.01. The molecule has 3 N–H and O–H groups in total. The first-order chi connectivity index (χ1) is 13.1. The molecule has 0 aliphatic rings. The molecule has 0 aromatic heterocycles. The van der Waals surface area contributed by atoms with Gasteiger partial charge in [-0.15, -0.1) is 11.8 Å². The number of thioether (sulfide) groups is 1. The average Bonchev–Trinajstić information content (AvgIpc) is 2.70. The fourth-order valence-corrected chi connectivity index (χ4v) is 3.41. The molecule has 0 heterocycles. The highest BCUT2D eigenvalue weighted by Gasteiger charge is 2.09. The van der Waals surface area contributed by atoms with E-state index in [2.05, 4.69) is 46.8 Å². The second-order valence-electron chi connectivity index (χ2n) is 6.13. The van der Waals surface area contributed by atoms with Crippen molar-refractivity contribution in [2.75, 3.05) is 26.7 Å². The first-order valence-corrected chi connectivity index (χ1v) is 10.1. The Bertz CT molecular complexity index is 692. The van der Waals surface area contributed by atoms with Crippen LogP contribution >= 0.6 is 11.8 Å². The molecule has 5 nitrogen and oxygen atoms in total. The summed E-state index contributed by atoms with van der Waals surface area (Å²) in [6, 6.07) is 17.8. The third kappa shape index (κ3) is 7.53. The molecule has 2 rings (SSSR count). The molecule has 0 radical (unpaired) electrons. The van der Waals surface area contributed by atoms with Gasteiger partial charge in [-0.3, -0.25) is 4.99 Å². The molecule has 0 saturated carbocycles. The molecule has 0 aliphatic carbocycles. The number of aliphatic hydroxyl groups is 1. The maximum Gasteiger partial charge on any atom is 0.191 e. The summed E-state index contributed by atoms with van der Waals surface area (Å²) in [6.07, 6.45) is -0.650. The van der Waals surface area contributed by atoms with E-state index in [1.807, 2.05) is 49.0 Å². The van der Waals surface area contributed by atoms with Crippen LogP contribution in [-0.4, -0.2) is 43.1 Å². The number of nitrogens with zero attached hydrogens (tertiary/aromatic N) is 1. The summed E-state index contributed by atoms with van der Waals surface area (Å²) < 4.78 is 5.14. The summed E-state index contributed by atoms with van der Waals surface area (Å²) in [5.74, 6) is 1.49. The first kappa shape index (κ1) is 21.1. The molecule has 0 amide bonds. The highest BCUT2D eigenvalue weighted by atomic mass is 32.2. The van der Waals surface area contributed by atoms with Gasteiger partial charge in [-0.1, -0.05) is 37.3 Å². The Morgan fingerprint density at radius 1 is 1.11 bits per heavy atom. The van der Waals surface area contributed by atoms with Gasteiger partial charge in [-0.05, 0) is 36.8 Å². The summed E-state index contributed by atoms with van der Waals surface area (Å²) in [4.78, 5) is 5.77. The number of rotatable bonds is 9. The van der Waals surface area contributed by atoms with Crippen molar-refractivity contribution in [2.45, 2.75) is 30.1 Å². The van der Waals surface area contributed by atoms with Crippen LogP contribution in [0.4, 0.5) is 0 Å². The zero-order valence-corrected chi connectivity index (χ0v) is 17.0. The van der Waals surface area contributed by atoms with Crippen molar-refractivity contribution in [3.8, 4) is 5.75 Å². The number of hydrogen-bond donors (Lipinski definition) is 3. The lowest BCUT2D eigenvalue weighted by molar-refractivity contribution is 0.187. The third-order valence-corrected chi connectivity index (χ3v) is 5.02. The number of benzene rings is 2. The number of methoxy groups -OCH3 is 1. The lowest BCUT2D eigenvalue weighted by atomic mass is 10.1. The Balaban J connectivity index is 1.86. The van der Waals surface area contributed by atoms with Gasteiger partial charge in [0.15, 0.2) is 5.96 Å². The predicted molar refractivity (Wildman–Crippen MR) is 114 cm³/mol. The second kappa shape index (κ2) is 11.5. The number of ether oxygens (including phenoxy) is 1. The van der Waals surface area contributed by atoms with Crippen molar-refractivity contribution in [1.29, 1.82) is 0 Å². The first-order valence-electron chi connectivity index (χ1n) is 9.18. The van der Waals surface area contributed by atoms with E-state index in [0.717, 1.165) is 24.4 Å². The number of hydrogen-bond acceptors (Lipinski definition) is 4. The van der Waals surface area contributed by atoms with E-state index in [9.17, 15) is 5.11 Å². The topological polar surface area (TPSA) is 65.9 Å². The average molecular weight is 388 g/mol. The van der Waals surface area contributed by atoms with Crippen molar-refractivity contribution in [3.63, 3.8) is 0 Å². The highest BCUT2D eigenvalue weighted by Crippen LogP contribution is 2.22. The Hall–Kier alpha value is -2.18. The standard InChI is InChI=1S/C21H29N3O2S/c1-4-22-21(23-14-16(2)27-19-8-6-5-7-9-19)24-15-20(25)17-10-12-18(26-3)13-11-17/h5-13,16,20,25H,4,14-15H2,1-3H3,(H2,22,23,24). The highest BCUT2D eigenvalue weighted by molar-refractivity contribution is 8.00. The van der Waals surface area contributed by atoms with Gasteiger partial charge in [0.05, 0.1) is 19.8 Å². The molecule has 2 aromatic rings. The monoisotopic (exact) mass is 387 g/mol. The molecule has 0 saturated heterocycles. The summed E-state index contributed by atoms with van der Waals surface area (Å²) in [5.41, 5.74) is 0.823. The molecule has 2 aromatic carbocycles. The van der Waals surface area contributed by atoms with Gasteiger partial charge < -0.3 is 20.5 Å². The van der Waals surface area contributed by atoms with Crippen LogP contribution in [0.15, 0.2) is 64.5 Å². The van der Waals surface area contributed by atoms with Gasteiger partial charge in [-0.2, -0.15) is 0 Å². The maximum atomic E-state index is 10.4. The van der Waals surface area contributed by atoms with Gasteiger partial charge in [0.2, 0.25) is 0 Å². The molecular weight excluding hydrogens is 358 g/mol. The van der Waals surface area contributed by atoms with E-state index < -0.39 is 6.10 Å². The summed E-state index contributed by atoms with van der Waals surface area (Å²) in [6.45, 7) is 6.05. The van der Waals surface area contributed by atoms with Crippen molar-refractivity contribution in [3.05, 3.63) is 60.2 Å². The molecule has 6 heteroatoms. The minimum Gasteiger partial charge on any atom is -0.497 e. The quantitative estimate of drug-likeness (QED) is 0.349. The number of aliphatic hydroxyl groups excluding tert-OH is 1. The van der Waals surface area contributed by atoms with Crippen LogP contribution in [0.2, 0.25) is 0 Å². The van der Waals surface area contributed by atoms with Gasteiger partial charge in [0, 0.05) is 23.2 Å². The number of guanidine groups is 1. The SMILES string of the molecule is CCNC(=NCC(O)c1ccc(OC)cc1)NCC(C)Sc1ccccc1. The van der Waals surface area contributed by atoms with Crippen molar-refractivity contribution < 1.29 is 9.84 Å². The lowest BCUT2D eigenvalue weighted by Crippen LogP contribution is -2.40. The smallest absolute Gasteiger partial charge is 0.191 e. The molecular formula is C21H29N3O2S. The van der Waals surface area contributed by atoms with Crippen molar-refractivity contribution >= 4 is 17.7 Å². The molecule has 2 unspecified atom stereocenters. The fraction of sp³-hybridized carbons (Fsp3) is 0.381. The molecule has 146 valence electrons. The van der Waals surface area contributed by atoms with Crippen LogP contribution in [-0.2, 0) is 0 Å². The number of nitrogens with one attached hydrogen (secondary N) is 2.